The first-order valence-electron chi connectivity index (χ1n) is 9.34. The number of hydrogen-bond acceptors (Lipinski definition) is 5. The third kappa shape index (κ3) is 4.87. The summed E-state index contributed by atoms with van der Waals surface area (Å²) in [5.41, 5.74) is 4.44. The molecule has 1 aromatic carbocycles. The maximum absolute atomic E-state index is 11.8. The van der Waals surface area contributed by atoms with Gasteiger partial charge in [0.1, 0.15) is 6.61 Å². The molecule has 0 radical (unpaired) electrons. The van der Waals surface area contributed by atoms with Crippen molar-refractivity contribution >= 4 is 28.8 Å². The van der Waals surface area contributed by atoms with Gasteiger partial charge in [0, 0.05) is 22.9 Å². The highest BCUT2D eigenvalue weighted by molar-refractivity contribution is 7.99. The van der Waals surface area contributed by atoms with Gasteiger partial charge in [-0.15, -0.1) is 0 Å². The van der Waals surface area contributed by atoms with Crippen molar-refractivity contribution in [3.63, 3.8) is 0 Å². The number of rotatable bonds is 5. The second-order valence-electron chi connectivity index (χ2n) is 7.01. The molecule has 1 aliphatic rings. The fourth-order valence-electron chi connectivity index (χ4n) is 3.30. The fraction of sp³-hybridized carbons (Fsp3) is 0.550. The highest BCUT2D eigenvalue weighted by atomic mass is 32.2. The van der Waals surface area contributed by atoms with Gasteiger partial charge in [-0.2, -0.15) is 0 Å². The summed E-state index contributed by atoms with van der Waals surface area (Å²) in [5, 5.41) is 4.79. The van der Waals surface area contributed by atoms with E-state index in [4.69, 9.17) is 4.74 Å². The van der Waals surface area contributed by atoms with Crippen molar-refractivity contribution in [1.82, 2.24) is 15.3 Å². The lowest BCUT2D eigenvalue weighted by Crippen LogP contribution is -2.36. The van der Waals surface area contributed by atoms with E-state index in [1.807, 2.05) is 6.92 Å². The fourth-order valence-corrected chi connectivity index (χ4v) is 4.02. The predicted octanol–water partition coefficient (Wildman–Crippen LogP) is 4.71. The van der Waals surface area contributed by atoms with Gasteiger partial charge in [-0.3, -0.25) is 0 Å². The summed E-state index contributed by atoms with van der Waals surface area (Å²) >= 11 is 1.52. The summed E-state index contributed by atoms with van der Waals surface area (Å²) in [7, 11) is 0. The van der Waals surface area contributed by atoms with E-state index in [1.54, 1.807) is 0 Å². The van der Waals surface area contributed by atoms with Crippen LogP contribution < -0.4 is 5.32 Å². The summed E-state index contributed by atoms with van der Waals surface area (Å²) in [6.07, 6.45) is 5.48. The maximum atomic E-state index is 11.8. The van der Waals surface area contributed by atoms with E-state index < -0.39 is 0 Å². The van der Waals surface area contributed by atoms with Gasteiger partial charge in [0.2, 0.25) is 0 Å². The molecular formula is C20H27N3O2S. The van der Waals surface area contributed by atoms with Crippen molar-refractivity contribution in [3.8, 4) is 0 Å². The monoisotopic (exact) mass is 373 g/mol. The number of nitrogens with one attached hydrogen (secondary N) is 1. The molecule has 0 bridgehead atoms. The first-order valence-corrected chi connectivity index (χ1v) is 10.3. The Hall–Kier alpha value is -1.82. The van der Waals surface area contributed by atoms with Gasteiger partial charge in [0.15, 0.2) is 5.16 Å². The van der Waals surface area contributed by atoms with Crippen LogP contribution in [0.2, 0.25) is 0 Å². The predicted molar refractivity (Wildman–Crippen MR) is 106 cm³/mol. The first kappa shape index (κ1) is 19.0. The molecule has 1 heterocycles. The molecule has 1 aromatic heterocycles. The number of nitrogens with zero attached hydrogens (tertiary/aromatic N) is 2. The number of hydrogen-bond donors (Lipinski definition) is 1. The summed E-state index contributed by atoms with van der Waals surface area (Å²) in [6.45, 7) is 6.57. The molecule has 0 aliphatic heterocycles. The maximum Gasteiger partial charge on any atom is 0.407 e. The lowest BCUT2D eigenvalue weighted by atomic mass is 9.96. The summed E-state index contributed by atoms with van der Waals surface area (Å²) in [6, 6.07) is 4.53. The smallest absolute Gasteiger partial charge is 0.407 e. The molecule has 1 fully saturated rings. The largest absolute Gasteiger partial charge is 0.449 e. The molecule has 0 spiro atoms. The van der Waals surface area contributed by atoms with Crippen molar-refractivity contribution in [2.24, 2.45) is 0 Å². The Morgan fingerprint density at radius 3 is 2.65 bits per heavy atom. The molecule has 6 heteroatoms. The number of alkyl carbamates (subject to hydrolysis) is 1. The van der Waals surface area contributed by atoms with E-state index in [9.17, 15) is 4.79 Å². The van der Waals surface area contributed by atoms with Crippen molar-refractivity contribution < 1.29 is 9.53 Å². The van der Waals surface area contributed by atoms with E-state index in [1.165, 1.54) is 42.2 Å². The van der Waals surface area contributed by atoms with Gasteiger partial charge in [0.25, 0.3) is 0 Å². The van der Waals surface area contributed by atoms with Crippen LogP contribution in [0, 0.1) is 20.8 Å². The minimum Gasteiger partial charge on any atom is -0.449 e. The second-order valence-corrected chi connectivity index (χ2v) is 8.07. The molecule has 5 nitrogen and oxygen atoms in total. The van der Waals surface area contributed by atoms with Crippen LogP contribution in [0.3, 0.4) is 0 Å². The standard InChI is InChI=1S/C20H27N3O2S/c1-13-11-17-15(3)21-19(23-18(17)12-14(13)2)26-10-9-25-20(24)22-16-7-5-4-6-8-16/h11-12,16H,4-10H2,1-3H3,(H,22,24). The van der Waals surface area contributed by atoms with Crippen molar-refractivity contribution in [2.45, 2.75) is 64.1 Å². The van der Waals surface area contributed by atoms with Crippen molar-refractivity contribution in [3.05, 3.63) is 29.0 Å². The minimum absolute atomic E-state index is 0.280. The number of fused-ring (bicyclic) bond motifs is 1. The van der Waals surface area contributed by atoms with Gasteiger partial charge in [-0.25, -0.2) is 14.8 Å². The lowest BCUT2D eigenvalue weighted by Gasteiger charge is -2.22. The highest BCUT2D eigenvalue weighted by Crippen LogP contribution is 2.23. The summed E-state index contributed by atoms with van der Waals surface area (Å²) < 4.78 is 5.29. The Morgan fingerprint density at radius 1 is 1.15 bits per heavy atom. The van der Waals surface area contributed by atoms with Crippen molar-refractivity contribution in [1.29, 1.82) is 0 Å². The van der Waals surface area contributed by atoms with Gasteiger partial charge in [-0.05, 0) is 56.9 Å². The van der Waals surface area contributed by atoms with Gasteiger partial charge in [-0.1, -0.05) is 31.0 Å². The lowest BCUT2D eigenvalue weighted by molar-refractivity contribution is 0.146. The summed E-state index contributed by atoms with van der Waals surface area (Å²) in [4.78, 5) is 21.1. The van der Waals surface area contributed by atoms with Crippen LogP contribution in [0.4, 0.5) is 4.79 Å². The van der Waals surface area contributed by atoms with Crippen LogP contribution in [0.1, 0.15) is 48.9 Å². The average Bonchev–Trinajstić information content (AvgIpc) is 2.61. The number of amides is 1. The number of benzene rings is 1. The van der Waals surface area contributed by atoms with Crippen LogP contribution in [0.25, 0.3) is 10.9 Å². The third-order valence-electron chi connectivity index (χ3n) is 4.96. The zero-order valence-corrected chi connectivity index (χ0v) is 16.6. The Morgan fingerprint density at radius 2 is 1.88 bits per heavy atom. The average molecular weight is 374 g/mol. The third-order valence-corrected chi connectivity index (χ3v) is 5.77. The Bertz CT molecular complexity index is 788. The summed E-state index contributed by atoms with van der Waals surface area (Å²) in [5.74, 6) is 0.647. The van der Waals surface area contributed by atoms with Gasteiger partial charge < -0.3 is 10.1 Å². The van der Waals surface area contributed by atoms with E-state index >= 15 is 0 Å². The van der Waals surface area contributed by atoms with Crippen molar-refractivity contribution in [2.75, 3.05) is 12.4 Å². The number of ether oxygens (including phenoxy) is 1. The van der Waals surface area contributed by atoms with Crippen LogP contribution >= 0.6 is 11.8 Å². The molecule has 2 aromatic rings. The minimum atomic E-state index is -0.306. The SMILES string of the molecule is Cc1cc2nc(SCCOC(=O)NC3CCCCC3)nc(C)c2cc1C. The van der Waals surface area contributed by atoms with Crippen LogP contribution in [-0.2, 0) is 4.74 Å². The van der Waals surface area contributed by atoms with E-state index in [0.29, 0.717) is 12.4 Å². The highest BCUT2D eigenvalue weighted by Gasteiger charge is 2.16. The molecule has 1 amide bonds. The van der Waals surface area contributed by atoms with E-state index in [-0.39, 0.29) is 12.1 Å². The van der Waals surface area contributed by atoms with Gasteiger partial charge >= 0.3 is 6.09 Å². The van der Waals surface area contributed by atoms with Crippen LogP contribution in [0.15, 0.2) is 17.3 Å². The molecule has 26 heavy (non-hydrogen) atoms. The van der Waals surface area contributed by atoms with E-state index in [0.717, 1.165) is 34.6 Å². The number of thioether (sulfide) groups is 1. The molecule has 1 saturated carbocycles. The number of carbonyl (C=O) groups excluding carboxylic acids is 1. The molecule has 1 aliphatic carbocycles. The molecule has 140 valence electrons. The Balaban J connectivity index is 1.50. The molecule has 3 rings (SSSR count). The normalized spacial score (nSPS) is 15.2. The molecule has 1 N–H and O–H groups in total. The topological polar surface area (TPSA) is 64.1 Å². The quantitative estimate of drug-likeness (QED) is 0.467. The number of carbonyl (C=O) groups is 1. The Labute approximate surface area is 159 Å². The Kier molecular flexibility index (Phi) is 6.35. The zero-order chi connectivity index (χ0) is 18.5. The second kappa shape index (κ2) is 8.71. The first-order chi connectivity index (χ1) is 12.5. The van der Waals surface area contributed by atoms with Crippen LogP contribution in [0.5, 0.6) is 0 Å². The number of aromatic nitrogens is 2. The molecular weight excluding hydrogens is 346 g/mol. The van der Waals surface area contributed by atoms with E-state index in [2.05, 4.69) is 41.3 Å². The molecule has 0 atom stereocenters. The molecule has 0 unspecified atom stereocenters. The zero-order valence-electron chi connectivity index (χ0n) is 15.8. The van der Waals surface area contributed by atoms with Crippen LogP contribution in [-0.4, -0.2) is 34.5 Å². The van der Waals surface area contributed by atoms with Gasteiger partial charge in [0.05, 0.1) is 5.52 Å². The molecule has 0 saturated heterocycles. The number of aryl methyl sites for hydroxylation is 3.